The second kappa shape index (κ2) is 8.64. The Hall–Kier alpha value is -2.03. The number of likely N-dealkylation sites (tertiary alicyclic amines) is 1. The van der Waals surface area contributed by atoms with Crippen LogP contribution in [0.2, 0.25) is 0 Å². The Labute approximate surface area is 202 Å². The van der Waals surface area contributed by atoms with Crippen LogP contribution in [0.25, 0.3) is 10.2 Å². The van der Waals surface area contributed by atoms with E-state index in [4.69, 9.17) is 9.72 Å². The summed E-state index contributed by atoms with van der Waals surface area (Å²) in [6.45, 7) is 3.25. The zero-order chi connectivity index (χ0) is 22.4. The normalized spacial score (nSPS) is 23.6. The molecule has 6 rings (SSSR count). The zero-order valence-corrected chi connectivity index (χ0v) is 20.5. The number of hydrogen-bond acceptors (Lipinski definition) is 7. The van der Waals surface area contributed by atoms with E-state index in [0.717, 1.165) is 65.6 Å². The number of thiazole rings is 1. The third-order valence-electron chi connectivity index (χ3n) is 7.34. The standard InChI is InChI=1S/C25H28N4O2S2/c1-32-19-10-26-22(27-11-19)7-16-2-3-17(6-16)8-23-28-20-5-4-18(9-21(20)33-23)24(30)29-12-25(13-29)14-31-15-25/h4-5,9-11,16-17H,2-3,6-8,12-15H2,1H3/t16-,17-/m0/s1. The summed E-state index contributed by atoms with van der Waals surface area (Å²) >= 11 is 3.43. The molecule has 0 bridgehead atoms. The van der Waals surface area contributed by atoms with Crippen molar-refractivity contribution in [3.8, 4) is 0 Å². The Balaban J connectivity index is 1.06. The van der Waals surface area contributed by atoms with Gasteiger partial charge >= 0.3 is 0 Å². The van der Waals surface area contributed by atoms with Crippen LogP contribution in [-0.2, 0) is 17.6 Å². The summed E-state index contributed by atoms with van der Waals surface area (Å²) in [6, 6.07) is 5.98. The third-order valence-corrected chi connectivity index (χ3v) is 9.06. The first-order valence-corrected chi connectivity index (χ1v) is 13.7. The van der Waals surface area contributed by atoms with E-state index in [0.29, 0.717) is 11.8 Å². The van der Waals surface area contributed by atoms with Gasteiger partial charge in [-0.3, -0.25) is 4.79 Å². The van der Waals surface area contributed by atoms with Gasteiger partial charge in [0.1, 0.15) is 5.82 Å². The Morgan fingerprint density at radius 3 is 2.64 bits per heavy atom. The summed E-state index contributed by atoms with van der Waals surface area (Å²) in [4.78, 5) is 29.9. The highest BCUT2D eigenvalue weighted by Crippen LogP contribution is 2.39. The molecular weight excluding hydrogens is 452 g/mol. The molecule has 4 heterocycles. The molecule has 3 aliphatic rings. The molecule has 6 nitrogen and oxygen atoms in total. The van der Waals surface area contributed by atoms with Gasteiger partial charge in [-0.1, -0.05) is 0 Å². The molecule has 33 heavy (non-hydrogen) atoms. The number of carbonyl (C=O) groups excluding carboxylic acids is 1. The average Bonchev–Trinajstić information content (AvgIpc) is 3.37. The number of thioether (sulfide) groups is 1. The maximum Gasteiger partial charge on any atom is 0.253 e. The lowest BCUT2D eigenvalue weighted by Crippen LogP contribution is -2.67. The van der Waals surface area contributed by atoms with Gasteiger partial charge in [0, 0.05) is 48.8 Å². The van der Waals surface area contributed by atoms with Gasteiger partial charge in [0.2, 0.25) is 0 Å². The first kappa shape index (κ1) is 21.5. The summed E-state index contributed by atoms with van der Waals surface area (Å²) < 4.78 is 6.44. The minimum Gasteiger partial charge on any atom is -0.380 e. The molecule has 8 heteroatoms. The third kappa shape index (κ3) is 4.29. The van der Waals surface area contributed by atoms with Crippen LogP contribution in [0.4, 0.5) is 0 Å². The van der Waals surface area contributed by atoms with Crippen molar-refractivity contribution in [3.63, 3.8) is 0 Å². The minimum atomic E-state index is 0.135. The predicted octanol–water partition coefficient (Wildman–Crippen LogP) is 4.48. The van der Waals surface area contributed by atoms with Crippen LogP contribution in [0.15, 0.2) is 35.5 Å². The number of hydrogen-bond donors (Lipinski definition) is 0. The highest BCUT2D eigenvalue weighted by molar-refractivity contribution is 7.98. The molecule has 0 N–H and O–H groups in total. The molecule has 0 radical (unpaired) electrons. The second-order valence-electron chi connectivity index (χ2n) is 9.94. The largest absolute Gasteiger partial charge is 0.380 e. The molecule has 3 aromatic rings. The number of nitrogens with zero attached hydrogens (tertiary/aromatic N) is 4. The van der Waals surface area contributed by atoms with Gasteiger partial charge in [-0.05, 0) is 55.6 Å². The number of benzene rings is 1. The Bertz CT molecular complexity index is 1170. The molecule has 1 aromatic carbocycles. The van der Waals surface area contributed by atoms with E-state index in [1.807, 2.05) is 41.7 Å². The van der Waals surface area contributed by atoms with E-state index in [1.54, 1.807) is 23.1 Å². The average molecular weight is 481 g/mol. The van der Waals surface area contributed by atoms with Gasteiger partial charge in [0.25, 0.3) is 5.91 Å². The highest BCUT2D eigenvalue weighted by Gasteiger charge is 2.50. The van der Waals surface area contributed by atoms with E-state index in [9.17, 15) is 4.79 Å². The monoisotopic (exact) mass is 480 g/mol. The molecule has 2 aromatic heterocycles. The van der Waals surface area contributed by atoms with Gasteiger partial charge < -0.3 is 9.64 Å². The fraction of sp³-hybridized carbons (Fsp3) is 0.520. The van der Waals surface area contributed by atoms with E-state index >= 15 is 0 Å². The van der Waals surface area contributed by atoms with Crippen molar-refractivity contribution < 1.29 is 9.53 Å². The molecule has 172 valence electrons. The molecule has 1 spiro atoms. The Morgan fingerprint density at radius 2 is 1.94 bits per heavy atom. The van der Waals surface area contributed by atoms with Gasteiger partial charge in [-0.15, -0.1) is 23.1 Å². The van der Waals surface area contributed by atoms with E-state index in [1.165, 1.54) is 24.3 Å². The molecule has 2 saturated heterocycles. The number of amides is 1. The topological polar surface area (TPSA) is 68.2 Å². The van der Waals surface area contributed by atoms with Crippen molar-refractivity contribution in [2.75, 3.05) is 32.6 Å². The Kier molecular flexibility index (Phi) is 5.63. The number of aromatic nitrogens is 3. The maximum atomic E-state index is 12.9. The van der Waals surface area contributed by atoms with E-state index in [-0.39, 0.29) is 11.3 Å². The minimum absolute atomic E-state index is 0.135. The van der Waals surface area contributed by atoms with Gasteiger partial charge in [0.15, 0.2) is 0 Å². The lowest BCUT2D eigenvalue weighted by Gasteiger charge is -2.54. The van der Waals surface area contributed by atoms with Crippen molar-refractivity contribution in [3.05, 3.63) is 47.0 Å². The first-order chi connectivity index (χ1) is 16.1. The SMILES string of the molecule is CSc1cnc(C[C@H]2CC[C@H](Cc3nc4ccc(C(=O)N5CC6(COC6)C5)cc4s3)C2)nc1. The van der Waals surface area contributed by atoms with Gasteiger partial charge in [0.05, 0.1) is 33.9 Å². The van der Waals surface area contributed by atoms with Crippen LogP contribution >= 0.6 is 23.1 Å². The van der Waals surface area contributed by atoms with Crippen LogP contribution in [0, 0.1) is 17.3 Å². The van der Waals surface area contributed by atoms with E-state index < -0.39 is 0 Å². The second-order valence-corrected chi connectivity index (χ2v) is 11.9. The molecule has 2 aliphatic heterocycles. The maximum absolute atomic E-state index is 12.9. The van der Waals surface area contributed by atoms with Crippen LogP contribution < -0.4 is 0 Å². The number of fused-ring (bicyclic) bond motifs is 1. The summed E-state index contributed by atoms with van der Waals surface area (Å²) in [5.74, 6) is 2.43. The van der Waals surface area contributed by atoms with Gasteiger partial charge in [-0.25, -0.2) is 15.0 Å². The molecular formula is C25H28N4O2S2. The number of carbonyl (C=O) groups is 1. The van der Waals surface area contributed by atoms with Crippen LogP contribution in [-0.4, -0.2) is 58.3 Å². The van der Waals surface area contributed by atoms with Crippen molar-refractivity contribution in [1.29, 1.82) is 0 Å². The van der Waals surface area contributed by atoms with Crippen LogP contribution in [0.5, 0.6) is 0 Å². The van der Waals surface area contributed by atoms with Crippen LogP contribution in [0.3, 0.4) is 0 Å². The summed E-state index contributed by atoms with van der Waals surface area (Å²) in [5.41, 5.74) is 2.04. The summed E-state index contributed by atoms with van der Waals surface area (Å²) in [6.07, 6.45) is 11.6. The van der Waals surface area contributed by atoms with Crippen molar-refractivity contribution >= 4 is 39.2 Å². The molecule has 2 atom stereocenters. The summed E-state index contributed by atoms with van der Waals surface area (Å²) in [7, 11) is 0. The summed E-state index contributed by atoms with van der Waals surface area (Å²) in [5, 5.41) is 1.19. The Morgan fingerprint density at radius 1 is 1.18 bits per heavy atom. The van der Waals surface area contributed by atoms with Crippen molar-refractivity contribution in [2.45, 2.75) is 37.0 Å². The fourth-order valence-electron chi connectivity index (χ4n) is 5.46. The van der Waals surface area contributed by atoms with Crippen molar-refractivity contribution in [2.24, 2.45) is 17.3 Å². The molecule has 3 fully saturated rings. The first-order valence-electron chi connectivity index (χ1n) is 11.7. The quantitative estimate of drug-likeness (QED) is 0.485. The molecule has 1 aliphatic carbocycles. The number of ether oxygens (including phenoxy) is 1. The van der Waals surface area contributed by atoms with Crippen LogP contribution in [0.1, 0.15) is 40.5 Å². The lowest BCUT2D eigenvalue weighted by molar-refractivity contribution is -0.176. The molecule has 1 saturated carbocycles. The number of rotatable bonds is 6. The smallest absolute Gasteiger partial charge is 0.253 e. The highest BCUT2D eigenvalue weighted by atomic mass is 32.2. The molecule has 0 unspecified atom stereocenters. The zero-order valence-electron chi connectivity index (χ0n) is 18.8. The lowest BCUT2D eigenvalue weighted by atomic mass is 9.78. The van der Waals surface area contributed by atoms with Crippen molar-refractivity contribution in [1.82, 2.24) is 19.9 Å². The van der Waals surface area contributed by atoms with Gasteiger partial charge in [-0.2, -0.15) is 0 Å². The van der Waals surface area contributed by atoms with E-state index in [2.05, 4.69) is 9.97 Å². The predicted molar refractivity (Wildman–Crippen MR) is 131 cm³/mol. The molecule has 1 amide bonds. The fourth-order valence-corrected chi connectivity index (χ4v) is 6.90.